The molecule has 104 valence electrons. The summed E-state index contributed by atoms with van der Waals surface area (Å²) in [5, 5.41) is 6.29. The maximum absolute atomic E-state index is 12.1. The van der Waals surface area contributed by atoms with Crippen LogP contribution in [0.5, 0.6) is 0 Å². The van der Waals surface area contributed by atoms with Crippen molar-refractivity contribution >= 4 is 17.3 Å². The SMILES string of the molecule is CC(C)(C)Nc1cccc(NC(=O)c2ccccc2)c1. The zero-order chi connectivity index (χ0) is 14.6. The Labute approximate surface area is 120 Å². The Bertz CT molecular complexity index is 585. The minimum atomic E-state index is -0.0986. The predicted octanol–water partition coefficient (Wildman–Crippen LogP) is 4.15. The fraction of sp³-hybridized carbons (Fsp3) is 0.235. The second kappa shape index (κ2) is 5.78. The lowest BCUT2D eigenvalue weighted by molar-refractivity contribution is 0.102. The van der Waals surface area contributed by atoms with Crippen LogP contribution in [-0.4, -0.2) is 11.4 Å². The summed E-state index contributed by atoms with van der Waals surface area (Å²) in [4.78, 5) is 12.1. The third-order valence-corrected chi connectivity index (χ3v) is 2.68. The van der Waals surface area contributed by atoms with E-state index < -0.39 is 0 Å². The molecule has 0 aliphatic rings. The normalized spacial score (nSPS) is 10.9. The average Bonchev–Trinajstić information content (AvgIpc) is 2.38. The van der Waals surface area contributed by atoms with Gasteiger partial charge in [0, 0.05) is 22.5 Å². The van der Waals surface area contributed by atoms with E-state index in [0.717, 1.165) is 11.4 Å². The van der Waals surface area contributed by atoms with Crippen LogP contribution in [0, 0.1) is 0 Å². The molecule has 0 unspecified atom stereocenters. The van der Waals surface area contributed by atoms with Crippen LogP contribution in [-0.2, 0) is 0 Å². The number of carbonyl (C=O) groups excluding carboxylic acids is 1. The molecule has 0 spiro atoms. The van der Waals surface area contributed by atoms with Gasteiger partial charge in [-0.15, -0.1) is 0 Å². The van der Waals surface area contributed by atoms with Crippen LogP contribution in [0.3, 0.4) is 0 Å². The summed E-state index contributed by atoms with van der Waals surface area (Å²) in [5.74, 6) is -0.0986. The quantitative estimate of drug-likeness (QED) is 0.878. The Morgan fingerprint density at radius 1 is 0.900 bits per heavy atom. The van der Waals surface area contributed by atoms with Crippen LogP contribution in [0.2, 0.25) is 0 Å². The minimum Gasteiger partial charge on any atom is -0.380 e. The number of amides is 1. The van der Waals surface area contributed by atoms with Crippen LogP contribution >= 0.6 is 0 Å². The van der Waals surface area contributed by atoms with E-state index >= 15 is 0 Å². The van der Waals surface area contributed by atoms with Crippen molar-refractivity contribution in [2.24, 2.45) is 0 Å². The maximum atomic E-state index is 12.1. The van der Waals surface area contributed by atoms with Gasteiger partial charge in [0.1, 0.15) is 0 Å². The van der Waals surface area contributed by atoms with Crippen LogP contribution in [0.1, 0.15) is 31.1 Å². The summed E-state index contributed by atoms with van der Waals surface area (Å²) in [6, 6.07) is 16.9. The topological polar surface area (TPSA) is 41.1 Å². The molecule has 2 N–H and O–H groups in total. The molecule has 0 aliphatic heterocycles. The summed E-state index contributed by atoms with van der Waals surface area (Å²) in [6.45, 7) is 6.30. The van der Waals surface area contributed by atoms with Gasteiger partial charge in [0.2, 0.25) is 0 Å². The van der Waals surface area contributed by atoms with Crippen molar-refractivity contribution in [3.8, 4) is 0 Å². The molecule has 3 nitrogen and oxygen atoms in total. The first kappa shape index (κ1) is 14.1. The van der Waals surface area contributed by atoms with E-state index in [4.69, 9.17) is 0 Å². The average molecular weight is 268 g/mol. The van der Waals surface area contributed by atoms with Crippen molar-refractivity contribution in [3.63, 3.8) is 0 Å². The number of rotatable bonds is 3. The molecule has 0 fully saturated rings. The zero-order valence-electron chi connectivity index (χ0n) is 12.1. The number of nitrogens with one attached hydrogen (secondary N) is 2. The molecule has 0 bridgehead atoms. The number of anilines is 2. The van der Waals surface area contributed by atoms with Crippen molar-refractivity contribution < 1.29 is 4.79 Å². The largest absolute Gasteiger partial charge is 0.380 e. The van der Waals surface area contributed by atoms with Gasteiger partial charge in [0.15, 0.2) is 0 Å². The van der Waals surface area contributed by atoms with E-state index in [9.17, 15) is 4.79 Å². The lowest BCUT2D eigenvalue weighted by Gasteiger charge is -2.22. The summed E-state index contributed by atoms with van der Waals surface area (Å²) >= 11 is 0. The molecule has 2 aromatic rings. The second-order valence-corrected chi connectivity index (χ2v) is 5.78. The lowest BCUT2D eigenvalue weighted by atomic mass is 10.1. The van der Waals surface area contributed by atoms with Crippen molar-refractivity contribution in [1.29, 1.82) is 0 Å². The van der Waals surface area contributed by atoms with Crippen molar-refractivity contribution in [3.05, 3.63) is 60.2 Å². The highest BCUT2D eigenvalue weighted by Crippen LogP contribution is 2.19. The molecule has 0 radical (unpaired) electrons. The highest BCUT2D eigenvalue weighted by Gasteiger charge is 2.10. The Hall–Kier alpha value is -2.29. The summed E-state index contributed by atoms with van der Waals surface area (Å²) in [7, 11) is 0. The third-order valence-electron chi connectivity index (χ3n) is 2.68. The van der Waals surface area contributed by atoms with E-state index in [0.29, 0.717) is 5.56 Å². The van der Waals surface area contributed by atoms with Gasteiger partial charge >= 0.3 is 0 Å². The van der Waals surface area contributed by atoms with Crippen molar-refractivity contribution in [1.82, 2.24) is 0 Å². The molecule has 20 heavy (non-hydrogen) atoms. The molecule has 0 aliphatic carbocycles. The molecule has 3 heteroatoms. The van der Waals surface area contributed by atoms with Crippen molar-refractivity contribution in [2.75, 3.05) is 10.6 Å². The van der Waals surface area contributed by atoms with Crippen LogP contribution in [0.25, 0.3) is 0 Å². The Morgan fingerprint density at radius 3 is 2.20 bits per heavy atom. The molecule has 1 amide bonds. The molecule has 0 atom stereocenters. The van der Waals surface area contributed by atoms with Gasteiger partial charge in [0.05, 0.1) is 0 Å². The fourth-order valence-corrected chi connectivity index (χ4v) is 1.90. The Kier molecular flexibility index (Phi) is 4.08. The standard InChI is InChI=1S/C17H20N2O/c1-17(2,3)19-15-11-7-10-14(12-15)18-16(20)13-8-5-4-6-9-13/h4-12,19H,1-3H3,(H,18,20). The number of carbonyl (C=O) groups is 1. The summed E-state index contributed by atoms with van der Waals surface area (Å²) in [6.07, 6.45) is 0. The van der Waals surface area contributed by atoms with Crippen molar-refractivity contribution in [2.45, 2.75) is 26.3 Å². The van der Waals surface area contributed by atoms with Gasteiger partial charge < -0.3 is 10.6 Å². The van der Waals surface area contributed by atoms with E-state index in [1.807, 2.05) is 42.5 Å². The molecule has 0 aromatic heterocycles. The van der Waals surface area contributed by atoms with Gasteiger partial charge in [-0.3, -0.25) is 4.79 Å². The maximum Gasteiger partial charge on any atom is 0.255 e. The monoisotopic (exact) mass is 268 g/mol. The summed E-state index contributed by atoms with van der Waals surface area (Å²) < 4.78 is 0. The number of hydrogen-bond donors (Lipinski definition) is 2. The third kappa shape index (κ3) is 4.12. The van der Waals surface area contributed by atoms with E-state index in [2.05, 4.69) is 31.4 Å². The highest BCUT2D eigenvalue weighted by molar-refractivity contribution is 6.04. The smallest absolute Gasteiger partial charge is 0.255 e. The van der Waals surface area contributed by atoms with Gasteiger partial charge in [-0.2, -0.15) is 0 Å². The zero-order valence-corrected chi connectivity index (χ0v) is 12.1. The van der Waals surface area contributed by atoms with Gasteiger partial charge in [-0.1, -0.05) is 24.3 Å². The molecule has 0 saturated heterocycles. The second-order valence-electron chi connectivity index (χ2n) is 5.78. The Balaban J connectivity index is 2.10. The molecule has 2 aromatic carbocycles. The minimum absolute atomic E-state index is 0.0118. The number of hydrogen-bond acceptors (Lipinski definition) is 2. The first-order valence-electron chi connectivity index (χ1n) is 6.69. The van der Waals surface area contributed by atoms with E-state index in [1.165, 1.54) is 0 Å². The number of benzene rings is 2. The molecular weight excluding hydrogens is 248 g/mol. The van der Waals surface area contributed by atoms with Gasteiger partial charge in [0.25, 0.3) is 5.91 Å². The lowest BCUT2D eigenvalue weighted by Crippen LogP contribution is -2.26. The first-order valence-corrected chi connectivity index (χ1v) is 6.69. The van der Waals surface area contributed by atoms with E-state index in [1.54, 1.807) is 12.1 Å². The molecule has 0 heterocycles. The van der Waals surface area contributed by atoms with Crippen LogP contribution < -0.4 is 10.6 Å². The van der Waals surface area contributed by atoms with Gasteiger partial charge in [-0.25, -0.2) is 0 Å². The van der Waals surface area contributed by atoms with Crippen LogP contribution in [0.4, 0.5) is 11.4 Å². The fourth-order valence-electron chi connectivity index (χ4n) is 1.90. The Morgan fingerprint density at radius 2 is 1.55 bits per heavy atom. The molecular formula is C17H20N2O. The van der Waals surface area contributed by atoms with Gasteiger partial charge in [-0.05, 0) is 51.1 Å². The summed E-state index contributed by atoms with van der Waals surface area (Å²) in [5.41, 5.74) is 2.42. The first-order chi connectivity index (χ1) is 9.44. The highest BCUT2D eigenvalue weighted by atomic mass is 16.1. The molecule has 2 rings (SSSR count). The van der Waals surface area contributed by atoms with E-state index in [-0.39, 0.29) is 11.4 Å². The van der Waals surface area contributed by atoms with Crippen LogP contribution in [0.15, 0.2) is 54.6 Å². The predicted molar refractivity (Wildman–Crippen MR) is 84.2 cm³/mol. The molecule has 0 saturated carbocycles.